The second kappa shape index (κ2) is 7.29. The van der Waals surface area contributed by atoms with E-state index in [4.69, 9.17) is 23.2 Å². The van der Waals surface area contributed by atoms with Gasteiger partial charge in [-0.05, 0) is 50.0 Å². The zero-order valence-electron chi connectivity index (χ0n) is 12.0. The van der Waals surface area contributed by atoms with Crippen LogP contribution in [0.3, 0.4) is 0 Å². The van der Waals surface area contributed by atoms with Gasteiger partial charge in [-0.2, -0.15) is 4.31 Å². The van der Waals surface area contributed by atoms with E-state index >= 15 is 0 Å². The largest absolute Gasteiger partial charge is 0.317 e. The third kappa shape index (κ3) is 4.11. The number of benzene rings is 1. The molecule has 1 aliphatic heterocycles. The first-order chi connectivity index (χ1) is 9.95. The van der Waals surface area contributed by atoms with Gasteiger partial charge in [-0.1, -0.05) is 30.1 Å². The maximum absolute atomic E-state index is 12.6. The molecule has 7 heteroatoms. The summed E-state index contributed by atoms with van der Waals surface area (Å²) in [6.07, 6.45) is 1.76. The van der Waals surface area contributed by atoms with Gasteiger partial charge >= 0.3 is 0 Å². The van der Waals surface area contributed by atoms with Crippen LogP contribution in [0.25, 0.3) is 0 Å². The maximum Gasteiger partial charge on any atom is 0.243 e. The number of rotatable bonds is 5. The van der Waals surface area contributed by atoms with E-state index in [1.54, 1.807) is 0 Å². The molecule has 0 spiro atoms. The lowest BCUT2D eigenvalue weighted by Gasteiger charge is -2.31. The van der Waals surface area contributed by atoms with E-state index in [1.807, 2.05) is 0 Å². The Bertz CT molecular complexity index is 585. The summed E-state index contributed by atoms with van der Waals surface area (Å²) in [5.74, 6) is 0.546. The number of piperidine rings is 1. The molecule has 0 bridgehead atoms. The van der Waals surface area contributed by atoms with Gasteiger partial charge in [0.15, 0.2) is 0 Å². The summed E-state index contributed by atoms with van der Waals surface area (Å²) < 4.78 is 26.7. The molecule has 0 aliphatic carbocycles. The average Bonchev–Trinajstić information content (AvgIpc) is 2.48. The Morgan fingerprint density at radius 3 is 2.48 bits per heavy atom. The standard InChI is InChI=1S/C14H20Cl2N2O2S/c1-2-17-10-11-5-7-18(8-6-11)21(19,20)12-3-4-13(15)14(16)9-12/h3-4,9,11,17H,2,5-8,10H2,1H3. The zero-order chi connectivity index (χ0) is 15.5. The Labute approximate surface area is 136 Å². The molecule has 118 valence electrons. The van der Waals surface area contributed by atoms with Crippen molar-refractivity contribution in [2.45, 2.75) is 24.7 Å². The number of halogens is 2. The van der Waals surface area contributed by atoms with Crippen molar-refractivity contribution < 1.29 is 8.42 Å². The summed E-state index contributed by atoms with van der Waals surface area (Å²) in [6, 6.07) is 4.45. The van der Waals surface area contributed by atoms with Crippen molar-refractivity contribution in [3.8, 4) is 0 Å². The summed E-state index contributed by atoms with van der Waals surface area (Å²) in [6.45, 7) is 5.08. The van der Waals surface area contributed by atoms with Crippen LogP contribution in [-0.2, 0) is 10.0 Å². The lowest BCUT2D eigenvalue weighted by molar-refractivity contribution is 0.268. The Balaban J connectivity index is 2.06. The summed E-state index contributed by atoms with van der Waals surface area (Å²) in [5.41, 5.74) is 0. The summed E-state index contributed by atoms with van der Waals surface area (Å²) in [4.78, 5) is 0.210. The molecule has 0 radical (unpaired) electrons. The van der Waals surface area contributed by atoms with Crippen molar-refractivity contribution in [2.75, 3.05) is 26.2 Å². The molecule has 0 saturated carbocycles. The van der Waals surface area contributed by atoms with E-state index < -0.39 is 10.0 Å². The van der Waals surface area contributed by atoms with Crippen LogP contribution in [0.5, 0.6) is 0 Å². The Morgan fingerprint density at radius 2 is 1.90 bits per heavy atom. The van der Waals surface area contributed by atoms with Crippen LogP contribution >= 0.6 is 23.2 Å². The molecule has 0 unspecified atom stereocenters. The van der Waals surface area contributed by atoms with E-state index in [0.29, 0.717) is 24.0 Å². The van der Waals surface area contributed by atoms with Gasteiger partial charge < -0.3 is 5.32 Å². The van der Waals surface area contributed by atoms with Crippen LogP contribution < -0.4 is 5.32 Å². The lowest BCUT2D eigenvalue weighted by Crippen LogP contribution is -2.40. The molecule has 1 fully saturated rings. The predicted molar refractivity (Wildman–Crippen MR) is 86.5 cm³/mol. The van der Waals surface area contributed by atoms with Gasteiger partial charge in [0, 0.05) is 13.1 Å². The average molecular weight is 351 g/mol. The lowest BCUT2D eigenvalue weighted by atomic mass is 9.98. The van der Waals surface area contributed by atoms with Crippen molar-refractivity contribution in [1.82, 2.24) is 9.62 Å². The zero-order valence-corrected chi connectivity index (χ0v) is 14.3. The first-order valence-corrected chi connectivity index (χ1v) is 9.30. The molecule has 1 aromatic rings. The van der Waals surface area contributed by atoms with Crippen molar-refractivity contribution in [3.63, 3.8) is 0 Å². The normalized spacial score (nSPS) is 18.0. The molecule has 0 amide bonds. The molecule has 1 N–H and O–H groups in total. The van der Waals surface area contributed by atoms with Gasteiger partial charge in [-0.3, -0.25) is 0 Å². The van der Waals surface area contributed by atoms with Crippen LogP contribution in [0.4, 0.5) is 0 Å². The van der Waals surface area contributed by atoms with Gasteiger partial charge in [0.1, 0.15) is 0 Å². The van der Waals surface area contributed by atoms with Crippen LogP contribution in [0, 0.1) is 5.92 Å². The van der Waals surface area contributed by atoms with Gasteiger partial charge in [0.05, 0.1) is 14.9 Å². The van der Waals surface area contributed by atoms with Gasteiger partial charge in [-0.25, -0.2) is 8.42 Å². The predicted octanol–water partition coefficient (Wildman–Crippen LogP) is 3.00. The molecule has 0 atom stereocenters. The Morgan fingerprint density at radius 1 is 1.24 bits per heavy atom. The third-order valence-corrected chi connectivity index (χ3v) is 6.42. The highest BCUT2D eigenvalue weighted by Crippen LogP contribution is 2.28. The minimum atomic E-state index is -3.48. The molecule has 1 saturated heterocycles. The van der Waals surface area contributed by atoms with Crippen LogP contribution in [0.15, 0.2) is 23.1 Å². The van der Waals surface area contributed by atoms with Crippen molar-refractivity contribution in [1.29, 1.82) is 0 Å². The molecular formula is C14H20Cl2N2O2S. The van der Waals surface area contributed by atoms with E-state index in [0.717, 1.165) is 25.9 Å². The van der Waals surface area contributed by atoms with E-state index in [1.165, 1.54) is 22.5 Å². The molecule has 1 heterocycles. The molecule has 21 heavy (non-hydrogen) atoms. The first-order valence-electron chi connectivity index (χ1n) is 7.11. The van der Waals surface area contributed by atoms with Crippen LogP contribution in [0.1, 0.15) is 19.8 Å². The number of nitrogens with zero attached hydrogens (tertiary/aromatic N) is 1. The molecule has 1 aromatic carbocycles. The van der Waals surface area contributed by atoms with E-state index in [2.05, 4.69) is 12.2 Å². The quantitative estimate of drug-likeness (QED) is 0.887. The maximum atomic E-state index is 12.6. The Kier molecular flexibility index (Phi) is 5.91. The number of sulfonamides is 1. The second-order valence-electron chi connectivity index (χ2n) is 5.23. The summed E-state index contributed by atoms with van der Waals surface area (Å²) in [7, 11) is -3.48. The highest BCUT2D eigenvalue weighted by molar-refractivity contribution is 7.89. The molecule has 0 aromatic heterocycles. The van der Waals surface area contributed by atoms with Crippen LogP contribution in [0.2, 0.25) is 10.0 Å². The molecule has 2 rings (SSSR count). The number of hydrogen-bond acceptors (Lipinski definition) is 3. The van der Waals surface area contributed by atoms with Crippen molar-refractivity contribution >= 4 is 33.2 Å². The second-order valence-corrected chi connectivity index (χ2v) is 7.98. The molecule has 4 nitrogen and oxygen atoms in total. The smallest absolute Gasteiger partial charge is 0.243 e. The minimum absolute atomic E-state index is 0.210. The highest BCUT2D eigenvalue weighted by atomic mass is 35.5. The van der Waals surface area contributed by atoms with Crippen molar-refractivity contribution in [2.24, 2.45) is 5.92 Å². The summed E-state index contributed by atoms with van der Waals surface area (Å²) >= 11 is 11.8. The third-order valence-electron chi connectivity index (χ3n) is 3.79. The van der Waals surface area contributed by atoms with E-state index in [-0.39, 0.29) is 9.92 Å². The van der Waals surface area contributed by atoms with Gasteiger partial charge in [-0.15, -0.1) is 0 Å². The molecular weight excluding hydrogens is 331 g/mol. The van der Waals surface area contributed by atoms with Gasteiger partial charge in [0.25, 0.3) is 0 Å². The van der Waals surface area contributed by atoms with Gasteiger partial charge in [0.2, 0.25) is 10.0 Å². The summed E-state index contributed by atoms with van der Waals surface area (Å²) in [5, 5.41) is 3.94. The van der Waals surface area contributed by atoms with Crippen molar-refractivity contribution in [3.05, 3.63) is 28.2 Å². The number of nitrogens with one attached hydrogen (secondary N) is 1. The highest BCUT2D eigenvalue weighted by Gasteiger charge is 2.29. The first kappa shape index (κ1) is 17.0. The fourth-order valence-electron chi connectivity index (χ4n) is 2.49. The monoisotopic (exact) mass is 350 g/mol. The van der Waals surface area contributed by atoms with E-state index in [9.17, 15) is 8.42 Å². The minimum Gasteiger partial charge on any atom is -0.317 e. The fourth-order valence-corrected chi connectivity index (χ4v) is 4.35. The SMILES string of the molecule is CCNCC1CCN(S(=O)(=O)c2ccc(Cl)c(Cl)c2)CC1. The topological polar surface area (TPSA) is 49.4 Å². The van der Waals surface area contributed by atoms with Crippen LogP contribution in [-0.4, -0.2) is 38.9 Å². The Hall–Kier alpha value is -0.330. The number of hydrogen-bond donors (Lipinski definition) is 1. The fraction of sp³-hybridized carbons (Fsp3) is 0.571. The molecule has 1 aliphatic rings.